The first-order chi connectivity index (χ1) is 28.7. The fraction of sp³-hybridized carbons (Fsp3) is 0.395. The van der Waals surface area contributed by atoms with Gasteiger partial charge in [-0.05, 0) is 86.7 Å². The molecule has 3 N–H and O–H groups in total. The summed E-state index contributed by atoms with van der Waals surface area (Å²) in [6.07, 6.45) is 5.87. The monoisotopic (exact) mass is 797 g/mol. The summed E-state index contributed by atoms with van der Waals surface area (Å²) in [5.41, 5.74) is 10.3. The Morgan fingerprint density at radius 3 is 2.07 bits per heavy atom. The van der Waals surface area contributed by atoms with E-state index in [-0.39, 0.29) is 35.6 Å². The molecule has 4 saturated heterocycles. The van der Waals surface area contributed by atoms with Gasteiger partial charge in [0.15, 0.2) is 11.5 Å². The maximum absolute atomic E-state index is 14.2. The van der Waals surface area contributed by atoms with E-state index in [0.29, 0.717) is 46.6 Å². The lowest BCUT2D eigenvalue weighted by molar-refractivity contribution is -0.135. The molecule has 7 heterocycles. The molecular formula is C43H47N11O5. The van der Waals surface area contributed by atoms with Gasteiger partial charge in [0, 0.05) is 76.5 Å². The molecule has 4 fully saturated rings. The molecule has 0 aliphatic carbocycles. The summed E-state index contributed by atoms with van der Waals surface area (Å²) in [5, 5.41) is 2.38. The van der Waals surface area contributed by atoms with Gasteiger partial charge in [0.2, 0.25) is 11.8 Å². The molecule has 4 aliphatic heterocycles. The highest BCUT2D eigenvalue weighted by atomic mass is 16.5. The van der Waals surface area contributed by atoms with Gasteiger partial charge >= 0.3 is 11.4 Å². The number of para-hydroxylation sites is 1. The Hall–Kier alpha value is -6.26. The predicted octanol–water partition coefficient (Wildman–Crippen LogP) is 3.58. The van der Waals surface area contributed by atoms with Gasteiger partial charge in [-0.3, -0.25) is 38.1 Å². The number of anilines is 2. The van der Waals surface area contributed by atoms with Gasteiger partial charge in [0.25, 0.3) is 0 Å². The number of imide groups is 1. The van der Waals surface area contributed by atoms with Crippen molar-refractivity contribution >= 4 is 45.5 Å². The number of ether oxygens (including phenoxy) is 1. The molecule has 3 aromatic heterocycles. The number of carbonyl (C=O) groups is 2. The summed E-state index contributed by atoms with van der Waals surface area (Å²) in [7, 11) is 1.73. The van der Waals surface area contributed by atoms with Crippen LogP contribution >= 0.6 is 0 Å². The van der Waals surface area contributed by atoms with Crippen molar-refractivity contribution in [3.63, 3.8) is 0 Å². The van der Waals surface area contributed by atoms with E-state index in [1.165, 1.54) is 10.9 Å². The number of imidazole rings is 2. The Labute approximate surface area is 339 Å². The highest BCUT2D eigenvalue weighted by molar-refractivity contribution is 6.00. The number of hydrogen-bond donors (Lipinski definition) is 2. The number of nitrogens with zero attached hydrogens (tertiary/aromatic N) is 9. The molecule has 304 valence electrons. The molecule has 10 rings (SSSR count). The number of aryl methyl sites for hydroxylation is 1. The van der Waals surface area contributed by atoms with Gasteiger partial charge in [-0.25, -0.2) is 19.6 Å². The zero-order chi connectivity index (χ0) is 40.4. The first kappa shape index (κ1) is 37.0. The molecule has 1 atom stereocenters. The second kappa shape index (κ2) is 14.8. The van der Waals surface area contributed by atoms with Crippen molar-refractivity contribution in [1.29, 1.82) is 0 Å². The second-order valence-electron chi connectivity index (χ2n) is 16.3. The summed E-state index contributed by atoms with van der Waals surface area (Å²) >= 11 is 0. The van der Waals surface area contributed by atoms with Crippen LogP contribution in [0.4, 0.5) is 11.5 Å². The van der Waals surface area contributed by atoms with Crippen molar-refractivity contribution in [2.45, 2.75) is 62.7 Å². The Morgan fingerprint density at radius 1 is 0.695 bits per heavy atom. The third-order valence-corrected chi connectivity index (χ3v) is 13.0. The standard InChI is InChI=1S/C43H47N11O5/c1-48-36-23-30(9-12-34(36)54(42(48)57)35-13-14-37(55)47-41(35)56)51-24-31(25-51)50-19-15-27(16-20-50)49-21-17-29(18-22-49)53-40-38(39(44)45-26-46-40)52(43(53)58)28-7-10-33(11-8-28)59-32-5-3-2-4-6-32/h2-12,23,26-27,29,31,35H,13-22,24-25H2,1H3,(H2,44,45,46)(H,47,55,56). The summed E-state index contributed by atoms with van der Waals surface area (Å²) in [6, 6.07) is 23.3. The number of piperidine rings is 3. The van der Waals surface area contributed by atoms with Crippen LogP contribution < -0.4 is 32.1 Å². The Kier molecular flexibility index (Phi) is 9.32. The molecule has 0 spiro atoms. The van der Waals surface area contributed by atoms with E-state index < -0.39 is 11.9 Å². The van der Waals surface area contributed by atoms with Gasteiger partial charge in [-0.2, -0.15) is 0 Å². The Bertz CT molecular complexity index is 2680. The summed E-state index contributed by atoms with van der Waals surface area (Å²) in [6.45, 7) is 5.76. The third kappa shape index (κ3) is 6.56. The summed E-state index contributed by atoms with van der Waals surface area (Å²) in [4.78, 5) is 68.2. The average Bonchev–Trinajstić information content (AvgIpc) is 3.67. The molecule has 16 nitrogen and oxygen atoms in total. The first-order valence-electron chi connectivity index (χ1n) is 20.6. The van der Waals surface area contributed by atoms with Crippen molar-refractivity contribution in [2.75, 3.05) is 49.9 Å². The van der Waals surface area contributed by atoms with E-state index in [1.54, 1.807) is 16.2 Å². The Balaban J connectivity index is 0.757. The maximum atomic E-state index is 14.2. The zero-order valence-electron chi connectivity index (χ0n) is 32.9. The van der Waals surface area contributed by atoms with Crippen LogP contribution in [0.3, 0.4) is 0 Å². The predicted molar refractivity (Wildman–Crippen MR) is 223 cm³/mol. The lowest BCUT2D eigenvalue weighted by Gasteiger charge is -2.50. The van der Waals surface area contributed by atoms with Crippen molar-refractivity contribution in [1.82, 2.24) is 43.4 Å². The van der Waals surface area contributed by atoms with E-state index in [1.807, 2.05) is 77.4 Å². The van der Waals surface area contributed by atoms with Crippen LogP contribution in [-0.4, -0.2) is 101 Å². The summed E-state index contributed by atoms with van der Waals surface area (Å²) in [5.74, 6) is 0.945. The van der Waals surface area contributed by atoms with Crippen LogP contribution in [-0.2, 0) is 16.6 Å². The number of nitrogens with one attached hydrogen (secondary N) is 1. The molecule has 4 aliphatic rings. The number of aromatic nitrogens is 6. The zero-order valence-corrected chi connectivity index (χ0v) is 32.9. The quantitative estimate of drug-likeness (QED) is 0.216. The van der Waals surface area contributed by atoms with Gasteiger partial charge < -0.3 is 20.3 Å². The van der Waals surface area contributed by atoms with Crippen LogP contribution in [0, 0.1) is 0 Å². The number of likely N-dealkylation sites (tertiary alicyclic amines) is 2. The lowest BCUT2D eigenvalue weighted by Crippen LogP contribution is -2.62. The Morgan fingerprint density at radius 2 is 1.36 bits per heavy atom. The number of rotatable bonds is 8. The summed E-state index contributed by atoms with van der Waals surface area (Å²) < 4.78 is 12.6. The maximum Gasteiger partial charge on any atom is 0.335 e. The molecule has 2 amide bonds. The van der Waals surface area contributed by atoms with Crippen molar-refractivity contribution in [3.05, 3.63) is 100 Å². The molecule has 6 aromatic rings. The topological polar surface area (TPSA) is 171 Å². The second-order valence-corrected chi connectivity index (χ2v) is 16.3. The average molecular weight is 798 g/mol. The molecule has 0 bridgehead atoms. The van der Waals surface area contributed by atoms with Gasteiger partial charge in [-0.1, -0.05) is 18.2 Å². The molecule has 16 heteroatoms. The van der Waals surface area contributed by atoms with Gasteiger partial charge in [-0.15, -0.1) is 0 Å². The van der Waals surface area contributed by atoms with Crippen molar-refractivity contribution in [3.8, 4) is 17.2 Å². The van der Waals surface area contributed by atoms with Gasteiger partial charge in [0.05, 0.1) is 16.7 Å². The smallest absolute Gasteiger partial charge is 0.335 e. The third-order valence-electron chi connectivity index (χ3n) is 13.0. The molecule has 59 heavy (non-hydrogen) atoms. The number of carbonyl (C=O) groups excluding carboxylic acids is 2. The first-order valence-corrected chi connectivity index (χ1v) is 20.6. The lowest BCUT2D eigenvalue weighted by atomic mass is 9.95. The van der Waals surface area contributed by atoms with E-state index in [2.05, 4.69) is 30.0 Å². The SMILES string of the molecule is Cn1c(=O)n(C2CCC(=O)NC2=O)c2ccc(N3CC(N4CCC(N5CCC(n6c(=O)n(-c7ccc(Oc8ccccc8)cc7)c7c(N)ncnc76)CC5)CC4)C3)cc21. The van der Waals surface area contributed by atoms with Crippen LogP contribution in [0.2, 0.25) is 0 Å². The van der Waals surface area contributed by atoms with E-state index in [4.69, 9.17) is 10.5 Å². The number of fused-ring (bicyclic) bond motifs is 2. The van der Waals surface area contributed by atoms with Crippen LogP contribution in [0.25, 0.3) is 27.9 Å². The number of amides is 2. The number of nitrogen functional groups attached to an aromatic ring is 1. The molecule has 1 unspecified atom stereocenters. The minimum atomic E-state index is -0.693. The van der Waals surface area contributed by atoms with E-state index in [9.17, 15) is 19.2 Å². The molecule has 3 aromatic carbocycles. The highest BCUT2D eigenvalue weighted by Gasteiger charge is 2.37. The highest BCUT2D eigenvalue weighted by Crippen LogP contribution is 2.34. The van der Waals surface area contributed by atoms with Crippen LogP contribution in [0.1, 0.15) is 50.6 Å². The van der Waals surface area contributed by atoms with Crippen LogP contribution in [0.5, 0.6) is 11.5 Å². The largest absolute Gasteiger partial charge is 0.457 e. The van der Waals surface area contributed by atoms with Crippen molar-refractivity contribution in [2.24, 2.45) is 7.05 Å². The number of nitrogens with two attached hydrogens (primary N) is 1. The normalized spacial score (nSPS) is 20.4. The number of benzene rings is 3. The van der Waals surface area contributed by atoms with Crippen molar-refractivity contribution < 1.29 is 14.3 Å². The minimum absolute atomic E-state index is 0.00355. The molecule has 0 saturated carbocycles. The minimum Gasteiger partial charge on any atom is -0.457 e. The van der Waals surface area contributed by atoms with E-state index >= 15 is 0 Å². The molecular weight excluding hydrogens is 751 g/mol. The van der Waals surface area contributed by atoms with Crippen LogP contribution in [0.15, 0.2) is 88.7 Å². The van der Waals surface area contributed by atoms with E-state index in [0.717, 1.165) is 81.9 Å². The van der Waals surface area contributed by atoms with Gasteiger partial charge in [0.1, 0.15) is 29.4 Å². The number of hydrogen-bond acceptors (Lipinski definition) is 11. The fourth-order valence-corrected chi connectivity index (χ4v) is 9.72. The molecule has 0 radical (unpaired) electrons. The fourth-order valence-electron chi connectivity index (χ4n) is 9.72.